The molecule has 1 atom stereocenters. The summed E-state index contributed by atoms with van der Waals surface area (Å²) in [6.07, 6.45) is 4.14. The van der Waals surface area contributed by atoms with Crippen LogP contribution in [0.5, 0.6) is 0 Å². The van der Waals surface area contributed by atoms with Gasteiger partial charge >= 0.3 is 0 Å². The topological polar surface area (TPSA) is 28.2 Å². The summed E-state index contributed by atoms with van der Waals surface area (Å²) in [5, 5.41) is 3.84. The van der Waals surface area contributed by atoms with Gasteiger partial charge in [0, 0.05) is 24.5 Å². The Bertz CT molecular complexity index is 642. The predicted octanol–water partition coefficient (Wildman–Crippen LogP) is 3.93. The third kappa shape index (κ3) is 2.76. The normalized spacial score (nSPS) is 17.7. The fraction of sp³-hybridized carbons (Fsp3) is 0.353. The van der Waals surface area contributed by atoms with Gasteiger partial charge in [0.15, 0.2) is 5.82 Å². The van der Waals surface area contributed by atoms with Gasteiger partial charge in [-0.2, -0.15) is 0 Å². The van der Waals surface area contributed by atoms with Crippen LogP contribution in [-0.4, -0.2) is 18.1 Å². The van der Waals surface area contributed by atoms with Gasteiger partial charge in [-0.05, 0) is 50.1 Å². The molecule has 3 rings (SSSR count). The molecule has 0 saturated heterocycles. The largest absolute Gasteiger partial charge is 0.322 e. The van der Waals surface area contributed by atoms with Crippen LogP contribution in [0, 0.1) is 0 Å². The number of benzene rings is 1. The molecule has 110 valence electrons. The molecule has 0 spiro atoms. The second kappa shape index (κ2) is 6.04. The first-order valence-corrected chi connectivity index (χ1v) is 7.74. The van der Waals surface area contributed by atoms with E-state index in [0.717, 1.165) is 30.8 Å². The van der Waals surface area contributed by atoms with Crippen LogP contribution in [0.2, 0.25) is 5.02 Å². The van der Waals surface area contributed by atoms with E-state index in [4.69, 9.17) is 11.6 Å². The molecule has 0 amide bonds. The van der Waals surface area contributed by atoms with Crippen LogP contribution in [0.1, 0.15) is 24.5 Å². The number of nitrogens with zero attached hydrogens (tertiary/aromatic N) is 2. The van der Waals surface area contributed by atoms with Crippen LogP contribution in [0.15, 0.2) is 36.5 Å². The van der Waals surface area contributed by atoms with E-state index in [1.54, 1.807) is 0 Å². The number of anilines is 2. The van der Waals surface area contributed by atoms with Crippen molar-refractivity contribution in [2.45, 2.75) is 32.4 Å². The van der Waals surface area contributed by atoms with Crippen molar-refractivity contribution in [3.05, 3.63) is 52.7 Å². The Balaban J connectivity index is 2.03. The van der Waals surface area contributed by atoms with Crippen molar-refractivity contribution in [3.63, 3.8) is 0 Å². The zero-order valence-electron chi connectivity index (χ0n) is 12.4. The fourth-order valence-electron chi connectivity index (χ4n) is 2.96. The lowest BCUT2D eigenvalue weighted by Gasteiger charge is -2.36. The number of halogens is 1. The summed E-state index contributed by atoms with van der Waals surface area (Å²) in [7, 11) is 1.92. The van der Waals surface area contributed by atoms with Crippen LogP contribution < -0.4 is 10.2 Å². The summed E-state index contributed by atoms with van der Waals surface area (Å²) in [6, 6.07) is 10.9. The summed E-state index contributed by atoms with van der Waals surface area (Å²) in [4.78, 5) is 6.89. The van der Waals surface area contributed by atoms with Gasteiger partial charge in [-0.25, -0.2) is 4.98 Å². The minimum atomic E-state index is 0.403. The highest BCUT2D eigenvalue weighted by Gasteiger charge is 2.26. The number of rotatable bonds is 3. The summed E-state index contributed by atoms with van der Waals surface area (Å²) in [5.41, 5.74) is 3.70. The molecule has 0 radical (unpaired) electrons. The molecule has 1 aliphatic rings. The monoisotopic (exact) mass is 301 g/mol. The molecule has 4 heteroatoms. The van der Waals surface area contributed by atoms with Crippen LogP contribution in [0.25, 0.3) is 0 Å². The van der Waals surface area contributed by atoms with Crippen molar-refractivity contribution in [2.75, 3.05) is 11.9 Å². The molecule has 0 aliphatic carbocycles. The van der Waals surface area contributed by atoms with E-state index >= 15 is 0 Å². The number of hydrogen-bond acceptors (Lipinski definition) is 3. The summed E-state index contributed by atoms with van der Waals surface area (Å²) in [6.45, 7) is 3.01. The van der Waals surface area contributed by atoms with E-state index in [-0.39, 0.29) is 0 Å². The maximum atomic E-state index is 6.50. The van der Waals surface area contributed by atoms with Crippen molar-refractivity contribution in [1.82, 2.24) is 10.3 Å². The van der Waals surface area contributed by atoms with E-state index in [1.807, 2.05) is 19.3 Å². The molecular weight excluding hydrogens is 282 g/mol. The van der Waals surface area contributed by atoms with Gasteiger partial charge in [-0.15, -0.1) is 0 Å². The molecule has 0 saturated carbocycles. The minimum Gasteiger partial charge on any atom is -0.322 e. The minimum absolute atomic E-state index is 0.403. The Kier molecular flexibility index (Phi) is 4.13. The van der Waals surface area contributed by atoms with E-state index in [0.29, 0.717) is 11.1 Å². The Morgan fingerprint density at radius 2 is 2.19 bits per heavy atom. The number of hydrogen-bond donors (Lipinski definition) is 1. The molecule has 1 aromatic heterocycles. The predicted molar refractivity (Wildman–Crippen MR) is 88.4 cm³/mol. The highest BCUT2D eigenvalue weighted by atomic mass is 35.5. The third-order valence-electron chi connectivity index (χ3n) is 4.01. The average molecular weight is 302 g/mol. The first-order valence-electron chi connectivity index (χ1n) is 7.37. The molecule has 0 fully saturated rings. The van der Waals surface area contributed by atoms with Crippen LogP contribution >= 0.6 is 11.6 Å². The molecule has 2 heterocycles. The lowest BCUT2D eigenvalue weighted by Crippen LogP contribution is -2.34. The third-order valence-corrected chi connectivity index (χ3v) is 4.29. The van der Waals surface area contributed by atoms with E-state index in [9.17, 15) is 0 Å². The highest BCUT2D eigenvalue weighted by molar-refractivity contribution is 6.33. The van der Waals surface area contributed by atoms with Crippen molar-refractivity contribution in [2.24, 2.45) is 0 Å². The Morgan fingerprint density at radius 3 is 2.95 bits per heavy atom. The van der Waals surface area contributed by atoms with Gasteiger partial charge < -0.3 is 10.2 Å². The molecule has 21 heavy (non-hydrogen) atoms. The number of fused-ring (bicyclic) bond motifs is 1. The summed E-state index contributed by atoms with van der Waals surface area (Å²) < 4.78 is 0. The van der Waals surface area contributed by atoms with Gasteiger partial charge in [0.2, 0.25) is 0 Å². The summed E-state index contributed by atoms with van der Waals surface area (Å²) >= 11 is 6.50. The molecule has 3 nitrogen and oxygen atoms in total. The number of aryl methyl sites for hydroxylation is 1. The van der Waals surface area contributed by atoms with Crippen molar-refractivity contribution in [3.8, 4) is 0 Å². The lowest BCUT2D eigenvalue weighted by atomic mass is 9.96. The Hall–Kier alpha value is -1.58. The molecule has 2 aromatic rings. The molecular formula is C17H20ClN3. The van der Waals surface area contributed by atoms with Crippen molar-refractivity contribution >= 4 is 23.1 Å². The molecule has 1 aliphatic heterocycles. The fourth-order valence-corrected chi connectivity index (χ4v) is 3.24. The molecule has 1 unspecified atom stereocenters. The van der Waals surface area contributed by atoms with Crippen LogP contribution in [0.4, 0.5) is 11.5 Å². The summed E-state index contributed by atoms with van der Waals surface area (Å²) in [5.74, 6) is 0.858. The van der Waals surface area contributed by atoms with Gasteiger partial charge in [0.05, 0.1) is 5.02 Å². The number of pyridine rings is 1. The maximum Gasteiger partial charge on any atom is 0.152 e. The van der Waals surface area contributed by atoms with E-state index < -0.39 is 0 Å². The van der Waals surface area contributed by atoms with Crippen LogP contribution in [0.3, 0.4) is 0 Å². The molecule has 1 N–H and O–H groups in total. The Labute approximate surface area is 131 Å². The highest BCUT2D eigenvalue weighted by Crippen LogP contribution is 2.38. The SMILES string of the molecule is CNCc1cnc(N2c3ccccc3CCC2C)c(Cl)c1. The smallest absolute Gasteiger partial charge is 0.152 e. The van der Waals surface area contributed by atoms with Gasteiger partial charge in [-0.3, -0.25) is 0 Å². The first kappa shape index (κ1) is 14.4. The lowest BCUT2D eigenvalue weighted by molar-refractivity contribution is 0.613. The quantitative estimate of drug-likeness (QED) is 0.931. The van der Waals surface area contributed by atoms with E-state index in [2.05, 4.69) is 46.4 Å². The van der Waals surface area contributed by atoms with Crippen molar-refractivity contribution in [1.29, 1.82) is 0 Å². The van der Waals surface area contributed by atoms with Gasteiger partial charge in [0.25, 0.3) is 0 Å². The van der Waals surface area contributed by atoms with Crippen molar-refractivity contribution < 1.29 is 0 Å². The molecule has 0 bridgehead atoms. The van der Waals surface area contributed by atoms with Crippen LogP contribution in [-0.2, 0) is 13.0 Å². The second-order valence-electron chi connectivity index (χ2n) is 5.57. The average Bonchev–Trinajstić information content (AvgIpc) is 2.49. The Morgan fingerprint density at radius 1 is 1.38 bits per heavy atom. The molecule has 1 aromatic carbocycles. The van der Waals surface area contributed by atoms with Gasteiger partial charge in [-0.1, -0.05) is 29.8 Å². The van der Waals surface area contributed by atoms with Gasteiger partial charge in [0.1, 0.15) is 0 Å². The second-order valence-corrected chi connectivity index (χ2v) is 5.97. The zero-order valence-corrected chi connectivity index (χ0v) is 13.2. The van der Waals surface area contributed by atoms with E-state index in [1.165, 1.54) is 11.3 Å². The zero-order chi connectivity index (χ0) is 14.8. The number of aromatic nitrogens is 1. The maximum absolute atomic E-state index is 6.50. The number of para-hydroxylation sites is 1. The standard InChI is InChI=1S/C17H20ClN3/c1-12-7-8-14-5-3-4-6-16(14)21(12)17-15(18)9-13(10-19-2)11-20-17/h3-6,9,11-12,19H,7-8,10H2,1-2H3. The first-order chi connectivity index (χ1) is 10.2. The number of nitrogens with one attached hydrogen (secondary N) is 1.